The fourth-order valence-corrected chi connectivity index (χ4v) is 3.81. The molecule has 0 aliphatic heterocycles. The molecule has 146 valence electrons. The molecule has 0 amide bonds. The molecule has 28 heavy (non-hydrogen) atoms. The average molecular weight is 401 g/mol. The van der Waals surface area contributed by atoms with Gasteiger partial charge in [0.1, 0.15) is 11.6 Å². The molecular weight excluding hydrogens is 379 g/mol. The van der Waals surface area contributed by atoms with Gasteiger partial charge in [-0.1, -0.05) is 23.7 Å². The van der Waals surface area contributed by atoms with Gasteiger partial charge in [0.25, 0.3) is 0 Å². The number of nitrogens with zero attached hydrogens (tertiary/aromatic N) is 2. The van der Waals surface area contributed by atoms with Gasteiger partial charge < -0.3 is 9.30 Å². The molecule has 0 unspecified atom stereocenters. The first-order chi connectivity index (χ1) is 13.5. The number of ether oxygens (including phenoxy) is 1. The molecular formula is C22H22ClFN2O2. The predicted octanol–water partition coefficient (Wildman–Crippen LogP) is 5.15. The van der Waals surface area contributed by atoms with E-state index in [2.05, 4.69) is 4.57 Å². The number of benzene rings is 2. The van der Waals surface area contributed by atoms with E-state index in [1.165, 1.54) is 12.1 Å². The zero-order valence-electron chi connectivity index (χ0n) is 15.8. The Labute approximate surface area is 168 Å². The van der Waals surface area contributed by atoms with E-state index < -0.39 is 0 Å². The lowest BCUT2D eigenvalue weighted by atomic mass is 9.97. The molecule has 1 aromatic heterocycles. The SMILES string of the molecule is CCOC(=O)CC1(Cc2nc3cc(F)ccc3n2Cc2ccc(Cl)cc2)CC1. The van der Waals surface area contributed by atoms with Crippen molar-refractivity contribution in [2.24, 2.45) is 5.41 Å². The van der Waals surface area contributed by atoms with Crippen LogP contribution in [0.3, 0.4) is 0 Å². The summed E-state index contributed by atoms with van der Waals surface area (Å²) in [7, 11) is 0. The van der Waals surface area contributed by atoms with Gasteiger partial charge in [-0.25, -0.2) is 9.37 Å². The van der Waals surface area contributed by atoms with Crippen molar-refractivity contribution < 1.29 is 13.9 Å². The van der Waals surface area contributed by atoms with Crippen molar-refractivity contribution in [2.75, 3.05) is 6.61 Å². The van der Waals surface area contributed by atoms with E-state index >= 15 is 0 Å². The van der Waals surface area contributed by atoms with E-state index in [4.69, 9.17) is 21.3 Å². The second-order valence-corrected chi connectivity index (χ2v) is 7.97. The minimum Gasteiger partial charge on any atom is -0.466 e. The fourth-order valence-electron chi connectivity index (χ4n) is 3.68. The Kier molecular flexibility index (Phi) is 5.11. The van der Waals surface area contributed by atoms with E-state index in [9.17, 15) is 9.18 Å². The molecule has 2 aromatic carbocycles. The summed E-state index contributed by atoms with van der Waals surface area (Å²) in [5.41, 5.74) is 2.52. The molecule has 3 aromatic rings. The minimum absolute atomic E-state index is 0.0933. The van der Waals surface area contributed by atoms with Gasteiger partial charge in [0, 0.05) is 24.1 Å². The number of carbonyl (C=O) groups is 1. The number of fused-ring (bicyclic) bond motifs is 1. The minimum atomic E-state index is -0.303. The zero-order valence-corrected chi connectivity index (χ0v) is 16.5. The average Bonchev–Trinajstić information content (AvgIpc) is 3.32. The summed E-state index contributed by atoms with van der Waals surface area (Å²) in [5, 5.41) is 0.688. The Bertz CT molecular complexity index is 1010. The van der Waals surface area contributed by atoms with Crippen LogP contribution < -0.4 is 0 Å². The highest BCUT2D eigenvalue weighted by Crippen LogP contribution is 2.51. The highest BCUT2D eigenvalue weighted by atomic mass is 35.5. The molecule has 4 rings (SSSR count). The summed E-state index contributed by atoms with van der Waals surface area (Å²) in [6.07, 6.45) is 3.03. The van der Waals surface area contributed by atoms with Crippen LogP contribution >= 0.6 is 11.6 Å². The summed E-state index contributed by atoms with van der Waals surface area (Å²) in [6, 6.07) is 12.4. The molecule has 0 atom stereocenters. The number of aromatic nitrogens is 2. The quantitative estimate of drug-likeness (QED) is 0.515. The van der Waals surface area contributed by atoms with Crippen LogP contribution in [0.25, 0.3) is 11.0 Å². The molecule has 0 radical (unpaired) electrons. The standard InChI is InChI=1S/C22H22ClFN2O2/c1-2-28-21(27)13-22(9-10-22)12-20-25-18-11-17(24)7-8-19(18)26(20)14-15-3-5-16(23)6-4-15/h3-8,11H,2,9-10,12-14H2,1H3. The molecule has 1 fully saturated rings. The summed E-state index contributed by atoms with van der Waals surface area (Å²) < 4.78 is 21.0. The van der Waals surface area contributed by atoms with Gasteiger partial charge in [0.2, 0.25) is 0 Å². The topological polar surface area (TPSA) is 44.1 Å². The molecule has 1 heterocycles. The first kappa shape index (κ1) is 18.9. The van der Waals surface area contributed by atoms with Crippen molar-refractivity contribution in [3.8, 4) is 0 Å². The molecule has 1 saturated carbocycles. The van der Waals surface area contributed by atoms with Gasteiger partial charge in [-0.15, -0.1) is 0 Å². The second-order valence-electron chi connectivity index (χ2n) is 7.53. The molecule has 4 nitrogen and oxygen atoms in total. The monoisotopic (exact) mass is 400 g/mol. The van der Waals surface area contributed by atoms with E-state index in [1.807, 2.05) is 31.2 Å². The van der Waals surface area contributed by atoms with Crippen LogP contribution in [0.1, 0.15) is 37.6 Å². The maximum atomic E-state index is 13.7. The molecule has 0 spiro atoms. The van der Waals surface area contributed by atoms with Crippen molar-refractivity contribution in [1.29, 1.82) is 0 Å². The second kappa shape index (κ2) is 7.55. The molecule has 0 bridgehead atoms. The van der Waals surface area contributed by atoms with Crippen molar-refractivity contribution in [1.82, 2.24) is 9.55 Å². The number of carbonyl (C=O) groups excluding carboxylic acids is 1. The highest BCUT2D eigenvalue weighted by Gasteiger charge is 2.45. The van der Waals surface area contributed by atoms with E-state index in [0.29, 0.717) is 36.5 Å². The Balaban J connectivity index is 1.67. The normalized spacial score (nSPS) is 15.0. The van der Waals surface area contributed by atoms with Crippen molar-refractivity contribution >= 4 is 28.6 Å². The lowest BCUT2D eigenvalue weighted by molar-refractivity contribution is -0.144. The number of imidazole rings is 1. The van der Waals surface area contributed by atoms with Crippen LogP contribution in [0.15, 0.2) is 42.5 Å². The molecule has 0 saturated heterocycles. The molecule has 1 aliphatic rings. The maximum absolute atomic E-state index is 13.7. The van der Waals surface area contributed by atoms with Crippen LogP contribution in [0.5, 0.6) is 0 Å². The maximum Gasteiger partial charge on any atom is 0.306 e. The predicted molar refractivity (Wildman–Crippen MR) is 107 cm³/mol. The lowest BCUT2D eigenvalue weighted by Gasteiger charge is -2.16. The molecule has 1 aliphatic carbocycles. The van der Waals surface area contributed by atoms with Gasteiger partial charge in [-0.3, -0.25) is 4.79 Å². The van der Waals surface area contributed by atoms with Crippen molar-refractivity contribution in [3.63, 3.8) is 0 Å². The highest BCUT2D eigenvalue weighted by molar-refractivity contribution is 6.30. The Hall–Kier alpha value is -2.40. The van der Waals surface area contributed by atoms with Gasteiger partial charge in [0.15, 0.2) is 0 Å². The van der Waals surface area contributed by atoms with E-state index in [1.54, 1.807) is 6.07 Å². The number of esters is 1. The Morgan fingerprint density at radius 3 is 2.68 bits per heavy atom. The number of hydrogen-bond donors (Lipinski definition) is 0. The van der Waals surface area contributed by atoms with E-state index in [0.717, 1.165) is 29.7 Å². The lowest BCUT2D eigenvalue weighted by Crippen LogP contribution is -2.17. The first-order valence-corrected chi connectivity index (χ1v) is 9.90. The number of halogens is 2. The largest absolute Gasteiger partial charge is 0.466 e. The summed E-state index contributed by atoms with van der Waals surface area (Å²) in [6.45, 7) is 2.82. The summed E-state index contributed by atoms with van der Waals surface area (Å²) in [5.74, 6) is 0.409. The third-order valence-electron chi connectivity index (χ3n) is 5.36. The molecule has 0 N–H and O–H groups in total. The first-order valence-electron chi connectivity index (χ1n) is 9.53. The third-order valence-corrected chi connectivity index (χ3v) is 5.61. The molecule has 6 heteroatoms. The van der Waals surface area contributed by atoms with Gasteiger partial charge in [-0.2, -0.15) is 0 Å². The van der Waals surface area contributed by atoms with Crippen LogP contribution in [0.4, 0.5) is 4.39 Å². The summed E-state index contributed by atoms with van der Waals surface area (Å²) >= 11 is 6.00. The number of hydrogen-bond acceptors (Lipinski definition) is 3. The third kappa shape index (κ3) is 4.04. The smallest absolute Gasteiger partial charge is 0.306 e. The van der Waals surface area contributed by atoms with Crippen molar-refractivity contribution in [2.45, 2.75) is 39.2 Å². The Morgan fingerprint density at radius 1 is 1.25 bits per heavy atom. The van der Waals surface area contributed by atoms with Gasteiger partial charge in [0.05, 0.1) is 24.1 Å². The summed E-state index contributed by atoms with van der Waals surface area (Å²) in [4.78, 5) is 16.7. The van der Waals surface area contributed by atoms with Gasteiger partial charge >= 0.3 is 5.97 Å². The van der Waals surface area contributed by atoms with Crippen molar-refractivity contribution in [3.05, 3.63) is 64.7 Å². The van der Waals surface area contributed by atoms with Crippen LogP contribution in [0.2, 0.25) is 5.02 Å². The van der Waals surface area contributed by atoms with Crippen LogP contribution in [-0.2, 0) is 22.5 Å². The van der Waals surface area contributed by atoms with Crippen LogP contribution in [-0.4, -0.2) is 22.1 Å². The van der Waals surface area contributed by atoms with Crippen LogP contribution in [0, 0.1) is 11.2 Å². The van der Waals surface area contributed by atoms with Gasteiger partial charge in [-0.05, 0) is 55.0 Å². The fraction of sp³-hybridized carbons (Fsp3) is 0.364. The van der Waals surface area contributed by atoms with E-state index in [-0.39, 0.29) is 17.2 Å². The zero-order chi connectivity index (χ0) is 19.7. The Morgan fingerprint density at radius 2 is 2.00 bits per heavy atom. The number of rotatable bonds is 7.